The molecule has 0 bridgehead atoms. The number of carbonyl (C=O) groups is 1. The van der Waals surface area contributed by atoms with Gasteiger partial charge in [-0.3, -0.25) is 9.59 Å². The number of aromatic nitrogens is 6. The van der Waals surface area contributed by atoms with Crippen molar-refractivity contribution in [1.82, 2.24) is 29.8 Å². The number of benzene rings is 1. The van der Waals surface area contributed by atoms with Gasteiger partial charge in [-0.05, 0) is 35.0 Å². The molecule has 4 rings (SSSR count). The summed E-state index contributed by atoms with van der Waals surface area (Å²) in [6.07, 6.45) is 1.46. The standard InChI is InChI=1S/C17H15N7O2S/c1-9-12-16(18-8-23(2)17(12)26)27-13(9)15(25)19-11-6-4-5-10(7-11)14-20-21-22-24(14)3/h4-8H,1-3H3,(H,19,25). The Balaban J connectivity index is 1.68. The SMILES string of the molecule is Cc1c(C(=O)Nc2cccc(-c3nnnn3C)c2)sc2ncn(C)c(=O)c12. The number of nitrogens with zero attached hydrogens (tertiary/aromatic N) is 6. The van der Waals surface area contributed by atoms with E-state index in [4.69, 9.17) is 0 Å². The minimum atomic E-state index is -0.286. The normalized spacial score (nSPS) is 11.1. The lowest BCUT2D eigenvalue weighted by Gasteiger charge is -2.06. The Morgan fingerprint density at radius 2 is 2.07 bits per heavy atom. The third-order valence-electron chi connectivity index (χ3n) is 4.22. The monoisotopic (exact) mass is 381 g/mol. The molecule has 27 heavy (non-hydrogen) atoms. The quantitative estimate of drug-likeness (QED) is 0.579. The molecule has 0 aliphatic heterocycles. The van der Waals surface area contributed by atoms with Crippen LogP contribution in [0.1, 0.15) is 15.2 Å². The Kier molecular flexibility index (Phi) is 4.04. The van der Waals surface area contributed by atoms with Gasteiger partial charge in [-0.2, -0.15) is 0 Å². The molecule has 0 fully saturated rings. The smallest absolute Gasteiger partial charge is 0.266 e. The number of fused-ring (bicyclic) bond motifs is 1. The molecule has 1 N–H and O–H groups in total. The second-order valence-electron chi connectivity index (χ2n) is 6.06. The van der Waals surface area contributed by atoms with Gasteiger partial charge >= 0.3 is 0 Å². The van der Waals surface area contributed by atoms with Gasteiger partial charge in [0.15, 0.2) is 5.82 Å². The lowest BCUT2D eigenvalue weighted by molar-refractivity contribution is 0.103. The zero-order chi connectivity index (χ0) is 19.1. The number of thiophene rings is 1. The fourth-order valence-corrected chi connectivity index (χ4v) is 3.86. The van der Waals surface area contributed by atoms with Crippen molar-refractivity contribution in [3.05, 3.63) is 51.4 Å². The number of rotatable bonds is 3. The van der Waals surface area contributed by atoms with Gasteiger partial charge < -0.3 is 9.88 Å². The molecule has 4 aromatic rings. The summed E-state index contributed by atoms with van der Waals surface area (Å²) in [5, 5.41) is 14.8. The average molecular weight is 381 g/mol. The Labute approximate surface area is 157 Å². The fourth-order valence-electron chi connectivity index (χ4n) is 2.82. The highest BCUT2D eigenvalue weighted by molar-refractivity contribution is 7.20. The van der Waals surface area contributed by atoms with E-state index in [2.05, 4.69) is 25.8 Å². The van der Waals surface area contributed by atoms with Crippen molar-refractivity contribution in [3.8, 4) is 11.4 Å². The highest BCUT2D eigenvalue weighted by Crippen LogP contribution is 2.28. The molecule has 10 heteroatoms. The van der Waals surface area contributed by atoms with E-state index in [1.54, 1.807) is 37.8 Å². The molecule has 0 unspecified atom stereocenters. The first kappa shape index (κ1) is 17.0. The molecule has 0 aliphatic rings. The highest BCUT2D eigenvalue weighted by atomic mass is 32.1. The van der Waals surface area contributed by atoms with Crippen LogP contribution in [0.4, 0.5) is 5.69 Å². The molecule has 0 radical (unpaired) electrons. The van der Waals surface area contributed by atoms with Crippen LogP contribution in [0.15, 0.2) is 35.4 Å². The highest BCUT2D eigenvalue weighted by Gasteiger charge is 2.19. The first-order chi connectivity index (χ1) is 13.0. The summed E-state index contributed by atoms with van der Waals surface area (Å²) in [6, 6.07) is 7.25. The number of amides is 1. The first-order valence-corrected chi connectivity index (χ1v) is 8.86. The molecule has 1 amide bonds. The topological polar surface area (TPSA) is 108 Å². The molecule has 0 spiro atoms. The summed E-state index contributed by atoms with van der Waals surface area (Å²) < 4.78 is 2.96. The summed E-state index contributed by atoms with van der Waals surface area (Å²) in [6.45, 7) is 1.76. The number of aryl methyl sites for hydroxylation is 3. The second kappa shape index (κ2) is 6.40. The summed E-state index contributed by atoms with van der Waals surface area (Å²) in [4.78, 5) is 30.4. The number of hydrogen-bond donors (Lipinski definition) is 1. The number of carbonyl (C=O) groups excluding carboxylic acids is 1. The van der Waals surface area contributed by atoms with E-state index in [0.717, 1.165) is 5.56 Å². The van der Waals surface area contributed by atoms with Gasteiger partial charge in [0.05, 0.1) is 16.6 Å². The van der Waals surface area contributed by atoms with Gasteiger partial charge in [0.25, 0.3) is 11.5 Å². The van der Waals surface area contributed by atoms with Crippen molar-refractivity contribution in [2.45, 2.75) is 6.92 Å². The van der Waals surface area contributed by atoms with Crippen LogP contribution in [-0.4, -0.2) is 35.7 Å². The molecule has 3 heterocycles. The molecule has 136 valence electrons. The van der Waals surface area contributed by atoms with Crippen LogP contribution in [0.25, 0.3) is 21.6 Å². The maximum absolute atomic E-state index is 12.8. The lowest BCUT2D eigenvalue weighted by atomic mass is 10.1. The van der Waals surface area contributed by atoms with Crippen molar-refractivity contribution in [3.63, 3.8) is 0 Å². The number of anilines is 1. The molecular formula is C17H15N7O2S. The van der Waals surface area contributed by atoms with Gasteiger partial charge in [-0.1, -0.05) is 12.1 Å². The fraction of sp³-hybridized carbons (Fsp3) is 0.176. The zero-order valence-corrected chi connectivity index (χ0v) is 15.6. The van der Waals surface area contributed by atoms with Crippen LogP contribution in [0.2, 0.25) is 0 Å². The Hall–Kier alpha value is -3.40. The number of nitrogens with one attached hydrogen (secondary N) is 1. The third kappa shape index (κ3) is 2.89. The predicted molar refractivity (Wildman–Crippen MR) is 102 cm³/mol. The van der Waals surface area contributed by atoms with Crippen LogP contribution in [0.3, 0.4) is 0 Å². The van der Waals surface area contributed by atoms with Crippen LogP contribution < -0.4 is 10.9 Å². The summed E-state index contributed by atoms with van der Waals surface area (Å²) in [7, 11) is 3.38. The maximum Gasteiger partial charge on any atom is 0.266 e. The van der Waals surface area contributed by atoms with Crippen molar-refractivity contribution in [1.29, 1.82) is 0 Å². The van der Waals surface area contributed by atoms with Gasteiger partial charge in [-0.25, -0.2) is 9.67 Å². The molecule has 1 aromatic carbocycles. The molecule has 3 aromatic heterocycles. The average Bonchev–Trinajstić information content (AvgIpc) is 3.22. The minimum Gasteiger partial charge on any atom is -0.321 e. The van der Waals surface area contributed by atoms with Crippen LogP contribution >= 0.6 is 11.3 Å². The molecule has 0 saturated carbocycles. The maximum atomic E-state index is 12.8. The molecule has 0 saturated heterocycles. The lowest BCUT2D eigenvalue weighted by Crippen LogP contribution is -2.17. The van der Waals surface area contributed by atoms with E-state index in [1.807, 2.05) is 12.1 Å². The molecule has 0 aliphatic carbocycles. The van der Waals surface area contributed by atoms with E-state index < -0.39 is 0 Å². The Morgan fingerprint density at radius 1 is 1.26 bits per heavy atom. The van der Waals surface area contributed by atoms with Crippen molar-refractivity contribution in [2.75, 3.05) is 5.32 Å². The zero-order valence-electron chi connectivity index (χ0n) is 14.8. The predicted octanol–water partition coefficient (Wildman–Crippen LogP) is 1.75. The van der Waals surface area contributed by atoms with Crippen LogP contribution in [0, 0.1) is 6.92 Å². The van der Waals surface area contributed by atoms with Crippen molar-refractivity contribution < 1.29 is 4.79 Å². The van der Waals surface area contributed by atoms with Crippen molar-refractivity contribution in [2.24, 2.45) is 14.1 Å². The molecule has 9 nitrogen and oxygen atoms in total. The van der Waals surface area contributed by atoms with Gasteiger partial charge in [-0.15, -0.1) is 16.4 Å². The number of tetrazole rings is 1. The van der Waals surface area contributed by atoms with Gasteiger partial charge in [0.1, 0.15) is 4.83 Å². The molecular weight excluding hydrogens is 366 g/mol. The van der Waals surface area contributed by atoms with E-state index in [0.29, 0.717) is 32.2 Å². The summed E-state index contributed by atoms with van der Waals surface area (Å²) >= 11 is 1.21. The minimum absolute atomic E-state index is 0.162. The summed E-state index contributed by atoms with van der Waals surface area (Å²) in [5.41, 5.74) is 1.86. The van der Waals surface area contributed by atoms with Crippen molar-refractivity contribution >= 4 is 33.1 Å². The van der Waals surface area contributed by atoms with Crippen LogP contribution in [0.5, 0.6) is 0 Å². The largest absolute Gasteiger partial charge is 0.321 e. The molecule has 0 atom stereocenters. The van der Waals surface area contributed by atoms with E-state index in [9.17, 15) is 9.59 Å². The van der Waals surface area contributed by atoms with E-state index in [1.165, 1.54) is 22.2 Å². The van der Waals surface area contributed by atoms with E-state index in [-0.39, 0.29) is 11.5 Å². The second-order valence-corrected chi connectivity index (χ2v) is 7.06. The Bertz CT molecular complexity index is 1240. The van der Waals surface area contributed by atoms with Crippen LogP contribution in [-0.2, 0) is 14.1 Å². The van der Waals surface area contributed by atoms with Gasteiger partial charge in [0.2, 0.25) is 0 Å². The number of hydrogen-bond acceptors (Lipinski definition) is 7. The summed E-state index contributed by atoms with van der Waals surface area (Å²) in [5.74, 6) is 0.308. The third-order valence-corrected chi connectivity index (χ3v) is 5.41. The van der Waals surface area contributed by atoms with Gasteiger partial charge in [0, 0.05) is 25.3 Å². The van der Waals surface area contributed by atoms with E-state index >= 15 is 0 Å². The Morgan fingerprint density at radius 3 is 2.81 bits per heavy atom. The first-order valence-electron chi connectivity index (χ1n) is 8.04.